The molecule has 43 heavy (non-hydrogen) atoms. The minimum Gasteiger partial charge on any atom is -0.425 e. The quantitative estimate of drug-likeness (QED) is 0.137. The number of anilines is 2. The Morgan fingerprint density at radius 3 is 1.42 bits per heavy atom. The molecule has 3 aromatic carbocycles. The molecule has 232 valence electrons. The molecule has 0 heterocycles. The molecule has 0 unspecified atom stereocenters. The maximum absolute atomic E-state index is 12.7. The standard InChI is InChI=1S/C33H42N2O8/c1-30(2,38)20-12-21(31(3,4)39)15-26(14-20)42-28(36)19-34-24-10-9-11-25(18-24)35-29(37)43-27-16-22(32(5,6)40)13-23(17-27)33(7,8)41/h9-18,34,38-41H,19H2,1-8H3,(H,35,37). The highest BCUT2D eigenvalue weighted by atomic mass is 16.6. The van der Waals surface area contributed by atoms with Crippen molar-refractivity contribution >= 4 is 23.4 Å². The lowest BCUT2D eigenvalue weighted by Gasteiger charge is -2.24. The van der Waals surface area contributed by atoms with Crippen LogP contribution in [0.25, 0.3) is 0 Å². The second kappa shape index (κ2) is 12.3. The first-order valence-corrected chi connectivity index (χ1v) is 13.9. The van der Waals surface area contributed by atoms with Crippen molar-refractivity contribution in [2.24, 2.45) is 0 Å². The van der Waals surface area contributed by atoms with E-state index in [0.717, 1.165) is 0 Å². The molecule has 0 aliphatic heterocycles. The summed E-state index contributed by atoms with van der Waals surface area (Å²) in [6.45, 7) is 12.6. The third-order valence-electron chi connectivity index (χ3n) is 6.63. The molecule has 0 aliphatic rings. The van der Waals surface area contributed by atoms with Crippen molar-refractivity contribution in [2.45, 2.75) is 77.8 Å². The van der Waals surface area contributed by atoms with Crippen LogP contribution in [0.5, 0.6) is 11.5 Å². The summed E-state index contributed by atoms with van der Waals surface area (Å²) in [5.74, 6) is -0.280. The maximum Gasteiger partial charge on any atom is 0.417 e. The van der Waals surface area contributed by atoms with Crippen LogP contribution in [-0.2, 0) is 27.2 Å². The topological polar surface area (TPSA) is 158 Å². The first-order chi connectivity index (χ1) is 19.6. The molecule has 0 fully saturated rings. The number of benzene rings is 3. The average molecular weight is 595 g/mol. The van der Waals surface area contributed by atoms with Gasteiger partial charge in [-0.25, -0.2) is 9.59 Å². The lowest BCUT2D eigenvalue weighted by molar-refractivity contribution is -0.132. The zero-order valence-electron chi connectivity index (χ0n) is 25.9. The number of carbonyl (C=O) groups is 2. The van der Waals surface area contributed by atoms with Crippen LogP contribution in [-0.4, -0.2) is 39.0 Å². The van der Waals surface area contributed by atoms with Crippen molar-refractivity contribution in [3.63, 3.8) is 0 Å². The molecule has 1 amide bonds. The van der Waals surface area contributed by atoms with Gasteiger partial charge < -0.3 is 35.2 Å². The van der Waals surface area contributed by atoms with E-state index in [4.69, 9.17) is 9.47 Å². The van der Waals surface area contributed by atoms with Crippen molar-refractivity contribution in [1.82, 2.24) is 0 Å². The Balaban J connectivity index is 1.67. The lowest BCUT2D eigenvalue weighted by atomic mass is 9.90. The van der Waals surface area contributed by atoms with Crippen LogP contribution < -0.4 is 20.1 Å². The van der Waals surface area contributed by atoms with Gasteiger partial charge in [-0.15, -0.1) is 0 Å². The van der Waals surface area contributed by atoms with E-state index in [1.165, 1.54) is 12.1 Å². The Kier molecular flexibility index (Phi) is 9.62. The van der Waals surface area contributed by atoms with Crippen LogP contribution in [0.2, 0.25) is 0 Å². The van der Waals surface area contributed by atoms with Crippen LogP contribution in [0.3, 0.4) is 0 Å². The minimum atomic E-state index is -1.23. The van der Waals surface area contributed by atoms with E-state index in [1.54, 1.807) is 104 Å². The van der Waals surface area contributed by atoms with E-state index >= 15 is 0 Å². The molecule has 10 heteroatoms. The largest absolute Gasteiger partial charge is 0.425 e. The van der Waals surface area contributed by atoms with Crippen molar-refractivity contribution in [3.8, 4) is 11.5 Å². The number of hydrogen-bond acceptors (Lipinski definition) is 9. The van der Waals surface area contributed by atoms with Gasteiger partial charge in [0.25, 0.3) is 0 Å². The Bertz CT molecular complexity index is 1410. The molecule has 0 aliphatic carbocycles. The monoisotopic (exact) mass is 594 g/mol. The normalized spacial score (nSPS) is 12.5. The predicted molar refractivity (Wildman–Crippen MR) is 164 cm³/mol. The zero-order chi connectivity index (χ0) is 32.4. The number of carbonyl (C=O) groups excluding carboxylic acids is 2. The van der Waals surface area contributed by atoms with E-state index < -0.39 is 34.5 Å². The van der Waals surface area contributed by atoms with Crippen LogP contribution in [0.15, 0.2) is 60.7 Å². The van der Waals surface area contributed by atoms with E-state index in [9.17, 15) is 30.0 Å². The molecular formula is C33H42N2O8. The maximum atomic E-state index is 12.7. The van der Waals surface area contributed by atoms with Crippen molar-refractivity contribution in [2.75, 3.05) is 17.2 Å². The van der Waals surface area contributed by atoms with E-state index in [0.29, 0.717) is 33.6 Å². The zero-order valence-corrected chi connectivity index (χ0v) is 25.9. The van der Waals surface area contributed by atoms with E-state index in [2.05, 4.69) is 10.6 Å². The Hall–Kier alpha value is -3.96. The molecule has 3 rings (SSSR count). The summed E-state index contributed by atoms with van der Waals surface area (Å²) in [5.41, 5.74) is -2.08. The molecule has 6 N–H and O–H groups in total. The number of amides is 1. The van der Waals surface area contributed by atoms with Crippen molar-refractivity contribution in [3.05, 3.63) is 82.9 Å². The van der Waals surface area contributed by atoms with Crippen LogP contribution >= 0.6 is 0 Å². The van der Waals surface area contributed by atoms with Gasteiger partial charge in [0.2, 0.25) is 0 Å². The molecule has 0 atom stereocenters. The molecule has 0 aromatic heterocycles. The number of ether oxygens (including phenoxy) is 2. The number of rotatable bonds is 10. The molecule has 10 nitrogen and oxygen atoms in total. The number of esters is 1. The molecule has 0 radical (unpaired) electrons. The lowest BCUT2D eigenvalue weighted by Crippen LogP contribution is -2.23. The molecule has 0 bridgehead atoms. The second-order valence-electron chi connectivity index (χ2n) is 12.7. The number of hydrogen-bond donors (Lipinski definition) is 6. The number of aliphatic hydroxyl groups is 4. The van der Waals surface area contributed by atoms with E-state index in [1.807, 2.05) is 0 Å². The fourth-order valence-corrected chi connectivity index (χ4v) is 4.03. The summed E-state index contributed by atoms with van der Waals surface area (Å²) in [6, 6.07) is 16.1. The third-order valence-corrected chi connectivity index (χ3v) is 6.63. The van der Waals surface area contributed by atoms with Gasteiger partial charge in [-0.3, -0.25) is 5.32 Å². The smallest absolute Gasteiger partial charge is 0.417 e. The van der Waals surface area contributed by atoms with Gasteiger partial charge >= 0.3 is 12.1 Å². The molecule has 3 aromatic rings. The average Bonchev–Trinajstić information content (AvgIpc) is 2.85. The fourth-order valence-electron chi connectivity index (χ4n) is 4.03. The summed E-state index contributed by atoms with van der Waals surface area (Å²) in [4.78, 5) is 25.3. The SMILES string of the molecule is CC(C)(O)c1cc(OC(=O)CNc2cccc(NC(=O)Oc3cc(C(C)(C)O)cc(C(C)(C)O)c3)c2)cc(C(C)(C)O)c1. The van der Waals surface area contributed by atoms with Crippen molar-refractivity contribution in [1.29, 1.82) is 0 Å². The first kappa shape index (κ1) is 33.5. The van der Waals surface area contributed by atoms with Gasteiger partial charge in [-0.05, 0) is 132 Å². The molecule has 0 saturated heterocycles. The van der Waals surface area contributed by atoms with Gasteiger partial charge in [-0.1, -0.05) is 6.07 Å². The predicted octanol–water partition coefficient (Wildman–Crippen LogP) is 5.22. The Labute approximate surface area is 252 Å². The second-order valence-corrected chi connectivity index (χ2v) is 12.7. The van der Waals surface area contributed by atoms with Crippen LogP contribution in [0.4, 0.5) is 16.2 Å². The van der Waals surface area contributed by atoms with Crippen LogP contribution in [0, 0.1) is 0 Å². The highest BCUT2D eigenvalue weighted by Gasteiger charge is 2.25. The highest BCUT2D eigenvalue weighted by Crippen LogP contribution is 2.32. The summed E-state index contributed by atoms with van der Waals surface area (Å²) >= 11 is 0. The summed E-state index contributed by atoms with van der Waals surface area (Å²) in [5, 5.41) is 47.4. The summed E-state index contributed by atoms with van der Waals surface area (Å²) in [6.07, 6.45) is -0.791. The fraction of sp³-hybridized carbons (Fsp3) is 0.394. The van der Waals surface area contributed by atoms with Gasteiger partial charge in [0, 0.05) is 11.4 Å². The Morgan fingerprint density at radius 2 is 1.00 bits per heavy atom. The molecule has 0 spiro atoms. The molecule has 0 saturated carbocycles. The van der Waals surface area contributed by atoms with Gasteiger partial charge in [-0.2, -0.15) is 0 Å². The van der Waals surface area contributed by atoms with Crippen LogP contribution in [0.1, 0.15) is 77.6 Å². The number of nitrogens with one attached hydrogen (secondary N) is 2. The van der Waals surface area contributed by atoms with Crippen molar-refractivity contribution < 1.29 is 39.5 Å². The van der Waals surface area contributed by atoms with Gasteiger partial charge in [0.05, 0.1) is 22.4 Å². The minimum absolute atomic E-state index is 0.146. The van der Waals surface area contributed by atoms with E-state index in [-0.39, 0.29) is 18.0 Å². The molecular weight excluding hydrogens is 552 g/mol. The van der Waals surface area contributed by atoms with Gasteiger partial charge in [0.1, 0.15) is 18.0 Å². The summed E-state index contributed by atoms with van der Waals surface area (Å²) < 4.78 is 10.9. The Morgan fingerprint density at radius 1 is 0.605 bits per heavy atom. The highest BCUT2D eigenvalue weighted by molar-refractivity contribution is 5.87. The third kappa shape index (κ3) is 9.79. The summed E-state index contributed by atoms with van der Waals surface area (Å²) in [7, 11) is 0. The van der Waals surface area contributed by atoms with Gasteiger partial charge in [0.15, 0.2) is 0 Å². The first-order valence-electron chi connectivity index (χ1n) is 13.9.